The Morgan fingerprint density at radius 2 is 1.65 bits per heavy atom. The van der Waals surface area contributed by atoms with Crippen LogP contribution in [0.15, 0.2) is 42.5 Å². The molecule has 1 aromatic rings. The molecule has 138 valence electrons. The van der Waals surface area contributed by atoms with Crippen molar-refractivity contribution < 1.29 is 14.4 Å². The number of benzene rings is 1. The fourth-order valence-electron chi connectivity index (χ4n) is 3.81. The first-order valence-corrected chi connectivity index (χ1v) is 9.32. The highest BCUT2D eigenvalue weighted by Crippen LogP contribution is 2.37. The third kappa shape index (κ3) is 3.71. The molecule has 1 heterocycles. The molecule has 1 fully saturated rings. The molecule has 0 bridgehead atoms. The van der Waals surface area contributed by atoms with E-state index < -0.39 is 6.04 Å². The zero-order valence-corrected chi connectivity index (χ0v) is 15.4. The molecule has 3 atom stereocenters. The van der Waals surface area contributed by atoms with E-state index in [9.17, 15) is 14.4 Å². The maximum Gasteiger partial charge on any atom is 0.243 e. The molecule has 3 rings (SSSR count). The number of fused-ring (bicyclic) bond motifs is 1. The second-order valence-electron chi connectivity index (χ2n) is 7.55. The molecule has 26 heavy (non-hydrogen) atoms. The molecule has 0 saturated carbocycles. The van der Waals surface area contributed by atoms with Gasteiger partial charge in [-0.3, -0.25) is 19.3 Å². The molecule has 0 aromatic heterocycles. The molecule has 1 N–H and O–H groups in total. The Bertz CT molecular complexity index is 685. The summed E-state index contributed by atoms with van der Waals surface area (Å²) in [5.74, 6) is -1.04. The monoisotopic (exact) mass is 354 g/mol. The minimum absolute atomic E-state index is 0.190. The predicted octanol–water partition coefficient (Wildman–Crippen LogP) is 2.67. The van der Waals surface area contributed by atoms with Crippen LogP contribution >= 0.6 is 0 Å². The van der Waals surface area contributed by atoms with Gasteiger partial charge in [-0.1, -0.05) is 56.3 Å². The molecular formula is C21H26N2O3. The minimum atomic E-state index is -0.732. The first-order chi connectivity index (χ1) is 12.5. The Labute approximate surface area is 154 Å². The second-order valence-corrected chi connectivity index (χ2v) is 7.55. The number of nitrogens with zero attached hydrogens (tertiary/aromatic N) is 1. The summed E-state index contributed by atoms with van der Waals surface area (Å²) in [6.07, 6.45) is 5.58. The average Bonchev–Trinajstić information content (AvgIpc) is 2.90. The average molecular weight is 354 g/mol. The number of carbonyl (C=O) groups is 3. The van der Waals surface area contributed by atoms with Crippen molar-refractivity contribution in [1.82, 2.24) is 10.2 Å². The van der Waals surface area contributed by atoms with Crippen molar-refractivity contribution in [3.8, 4) is 0 Å². The molecule has 5 heteroatoms. The van der Waals surface area contributed by atoms with Crippen molar-refractivity contribution in [3.05, 3.63) is 48.0 Å². The largest absolute Gasteiger partial charge is 0.350 e. The van der Waals surface area contributed by atoms with Crippen LogP contribution < -0.4 is 5.32 Å². The van der Waals surface area contributed by atoms with Gasteiger partial charge in [0.25, 0.3) is 0 Å². The molecule has 2 aliphatic rings. The first kappa shape index (κ1) is 18.4. The molecule has 1 saturated heterocycles. The summed E-state index contributed by atoms with van der Waals surface area (Å²) in [6, 6.07) is 8.89. The van der Waals surface area contributed by atoms with Gasteiger partial charge in [-0.2, -0.15) is 0 Å². The van der Waals surface area contributed by atoms with Gasteiger partial charge in [0, 0.05) is 6.54 Å². The number of nitrogens with one attached hydrogen (secondary N) is 1. The Balaban J connectivity index is 1.76. The van der Waals surface area contributed by atoms with Gasteiger partial charge >= 0.3 is 0 Å². The zero-order valence-electron chi connectivity index (χ0n) is 15.4. The summed E-state index contributed by atoms with van der Waals surface area (Å²) in [4.78, 5) is 39.8. The Hall–Kier alpha value is -2.43. The summed E-state index contributed by atoms with van der Waals surface area (Å²) >= 11 is 0. The van der Waals surface area contributed by atoms with Gasteiger partial charge in [0.2, 0.25) is 17.7 Å². The van der Waals surface area contributed by atoms with E-state index >= 15 is 0 Å². The number of imide groups is 1. The van der Waals surface area contributed by atoms with Crippen molar-refractivity contribution >= 4 is 17.7 Å². The van der Waals surface area contributed by atoms with Crippen LogP contribution in [0.5, 0.6) is 0 Å². The Morgan fingerprint density at radius 1 is 1.08 bits per heavy atom. The fraction of sp³-hybridized carbons (Fsp3) is 0.476. The summed E-state index contributed by atoms with van der Waals surface area (Å²) in [6.45, 7) is 4.38. The van der Waals surface area contributed by atoms with Gasteiger partial charge in [-0.05, 0) is 30.7 Å². The van der Waals surface area contributed by atoms with Gasteiger partial charge in [-0.15, -0.1) is 0 Å². The lowest BCUT2D eigenvalue weighted by Crippen LogP contribution is -2.50. The number of hydrogen-bond acceptors (Lipinski definition) is 3. The highest BCUT2D eigenvalue weighted by Gasteiger charge is 2.51. The molecule has 1 aliphatic carbocycles. The summed E-state index contributed by atoms with van der Waals surface area (Å²) < 4.78 is 0. The topological polar surface area (TPSA) is 66.5 Å². The van der Waals surface area contributed by atoms with Crippen molar-refractivity contribution in [3.63, 3.8) is 0 Å². The highest BCUT2D eigenvalue weighted by molar-refractivity contribution is 6.08. The molecule has 0 spiro atoms. The molecule has 5 nitrogen and oxygen atoms in total. The molecule has 3 unspecified atom stereocenters. The SMILES string of the molecule is CC(C)CC(C(=O)NCc1ccccc1)N1C(=O)C2CC=CCC2C1=O. The predicted molar refractivity (Wildman–Crippen MR) is 98.7 cm³/mol. The highest BCUT2D eigenvalue weighted by atomic mass is 16.2. The lowest BCUT2D eigenvalue weighted by molar-refractivity contribution is -0.148. The third-order valence-corrected chi connectivity index (χ3v) is 5.16. The van der Waals surface area contributed by atoms with Gasteiger partial charge in [0.1, 0.15) is 6.04 Å². The number of allylic oxidation sites excluding steroid dienone is 2. The van der Waals surface area contributed by atoms with E-state index in [1.54, 1.807) is 0 Å². The van der Waals surface area contributed by atoms with Crippen molar-refractivity contribution in [2.45, 2.75) is 45.7 Å². The molecular weight excluding hydrogens is 328 g/mol. The molecule has 3 amide bonds. The van der Waals surface area contributed by atoms with Crippen LogP contribution in [0.2, 0.25) is 0 Å². The fourth-order valence-corrected chi connectivity index (χ4v) is 3.81. The number of amides is 3. The van der Waals surface area contributed by atoms with Crippen molar-refractivity contribution in [2.75, 3.05) is 0 Å². The smallest absolute Gasteiger partial charge is 0.243 e. The van der Waals surface area contributed by atoms with Gasteiger partial charge in [0.15, 0.2) is 0 Å². The van der Waals surface area contributed by atoms with Gasteiger partial charge in [-0.25, -0.2) is 0 Å². The standard InChI is InChI=1S/C21H26N2O3/c1-14(2)12-18(19(24)22-13-15-8-4-3-5-9-15)23-20(25)16-10-6-7-11-17(16)21(23)26/h3-9,14,16-18H,10-13H2,1-2H3,(H,22,24). The van der Waals surface area contributed by atoms with Gasteiger partial charge in [0.05, 0.1) is 11.8 Å². The van der Waals surface area contributed by atoms with Crippen molar-refractivity contribution in [1.29, 1.82) is 0 Å². The molecule has 0 radical (unpaired) electrons. The van der Waals surface area contributed by atoms with Crippen LogP contribution in [0.3, 0.4) is 0 Å². The van der Waals surface area contributed by atoms with Crippen LogP contribution in [0.4, 0.5) is 0 Å². The van der Waals surface area contributed by atoms with E-state index in [0.717, 1.165) is 5.56 Å². The maximum absolute atomic E-state index is 12.9. The molecule has 1 aromatic carbocycles. The van der Waals surface area contributed by atoms with Gasteiger partial charge < -0.3 is 5.32 Å². The number of hydrogen-bond donors (Lipinski definition) is 1. The third-order valence-electron chi connectivity index (χ3n) is 5.16. The van der Waals surface area contributed by atoms with Crippen LogP contribution in [0, 0.1) is 17.8 Å². The van der Waals surface area contributed by atoms with E-state index in [0.29, 0.717) is 25.8 Å². The number of likely N-dealkylation sites (tertiary alicyclic amines) is 1. The lowest BCUT2D eigenvalue weighted by Gasteiger charge is -2.27. The quantitative estimate of drug-likeness (QED) is 0.631. The Morgan fingerprint density at radius 3 is 2.19 bits per heavy atom. The van der Waals surface area contributed by atoms with Crippen molar-refractivity contribution in [2.24, 2.45) is 17.8 Å². The van der Waals surface area contributed by atoms with E-state index in [1.807, 2.05) is 56.3 Å². The summed E-state index contributed by atoms with van der Waals surface area (Å²) in [5, 5.41) is 2.90. The van der Waals surface area contributed by atoms with Crippen LogP contribution in [0.1, 0.15) is 38.7 Å². The number of carbonyl (C=O) groups excluding carboxylic acids is 3. The summed E-state index contributed by atoms with van der Waals surface area (Å²) in [7, 11) is 0. The summed E-state index contributed by atoms with van der Waals surface area (Å²) in [5.41, 5.74) is 0.987. The van der Waals surface area contributed by atoms with E-state index in [2.05, 4.69) is 5.32 Å². The van der Waals surface area contributed by atoms with E-state index in [4.69, 9.17) is 0 Å². The van der Waals surface area contributed by atoms with E-state index in [1.165, 1.54) is 4.90 Å². The molecule has 1 aliphatic heterocycles. The Kier molecular flexibility index (Phi) is 5.55. The van der Waals surface area contributed by atoms with E-state index in [-0.39, 0.29) is 35.5 Å². The second kappa shape index (κ2) is 7.85. The first-order valence-electron chi connectivity index (χ1n) is 9.32. The maximum atomic E-state index is 12.9. The lowest BCUT2D eigenvalue weighted by atomic mass is 9.85. The number of rotatable bonds is 6. The zero-order chi connectivity index (χ0) is 18.7. The van der Waals surface area contributed by atoms with Crippen LogP contribution in [0.25, 0.3) is 0 Å². The normalized spacial score (nSPS) is 23.3. The van der Waals surface area contributed by atoms with Crippen LogP contribution in [-0.2, 0) is 20.9 Å². The minimum Gasteiger partial charge on any atom is -0.350 e. The van der Waals surface area contributed by atoms with Crippen LogP contribution in [-0.4, -0.2) is 28.7 Å².